The molecule has 0 unspecified atom stereocenters. The molecule has 3 nitrogen and oxygen atoms in total. The second kappa shape index (κ2) is 12.2. The Labute approximate surface area is 319 Å². The van der Waals surface area contributed by atoms with Gasteiger partial charge in [0, 0.05) is 22.0 Å². The molecule has 11 aromatic rings. The maximum absolute atomic E-state index is 8.89. The third-order valence-corrected chi connectivity index (χ3v) is 10.5. The first-order valence-corrected chi connectivity index (χ1v) is 18.0. The highest BCUT2D eigenvalue weighted by Crippen LogP contribution is 2.48. The Bertz CT molecular complexity index is 3470. The van der Waals surface area contributed by atoms with E-state index in [9.17, 15) is 0 Å². The summed E-state index contributed by atoms with van der Waals surface area (Å²) in [5, 5.41) is 5.90. The van der Waals surface area contributed by atoms with Crippen LogP contribution in [0.15, 0.2) is 198 Å². The van der Waals surface area contributed by atoms with Crippen LogP contribution in [0, 0.1) is 0 Å². The highest BCUT2D eigenvalue weighted by molar-refractivity contribution is 6.26. The number of hydrogen-bond acceptors (Lipinski definition) is 2. The lowest BCUT2D eigenvalue weighted by Gasteiger charge is -2.19. The van der Waals surface area contributed by atoms with Gasteiger partial charge in [0.15, 0.2) is 0 Å². The fraction of sp³-hybridized carbons (Fsp3) is 0. The molecule has 0 spiro atoms. The molecule has 3 heteroatoms. The van der Waals surface area contributed by atoms with Gasteiger partial charge >= 0.3 is 0 Å². The molecule has 0 N–H and O–H groups in total. The molecule has 0 fully saturated rings. The molecule has 0 radical (unpaired) electrons. The largest absolute Gasteiger partial charge is 0.456 e. The normalized spacial score (nSPS) is 13.0. The van der Waals surface area contributed by atoms with Gasteiger partial charge in [-0.1, -0.05) is 152 Å². The number of aromatic nitrogens is 2. The first-order chi connectivity index (χ1) is 28.9. The van der Waals surface area contributed by atoms with E-state index in [0.717, 1.165) is 93.8 Å². The summed E-state index contributed by atoms with van der Waals surface area (Å²) in [4.78, 5) is 5.11. The SMILES string of the molecule is [2H]c1c([2H])c([2H])c(-c2ccc3c(-c4ccc(-c5nc6ccccc6n5-c5ccccc5)cc4)c4ccccc4c(-c4cccc5oc6ccccc6c45)c3c2)c([2H])c1[2H]. The van der Waals surface area contributed by atoms with E-state index in [1.807, 2.05) is 91.0 Å². The number of imidazole rings is 1. The van der Waals surface area contributed by atoms with Crippen molar-refractivity contribution < 1.29 is 11.3 Å². The lowest BCUT2D eigenvalue weighted by molar-refractivity contribution is 0.669. The standard InChI is InChI=1S/C51H32N2O/c1-3-14-33(15-4-1)36-30-31-40-43(32-36)49(42-21-13-25-47-50(42)41-20-9-12-24-46(41)54-47)39-19-8-7-18-38(39)48(40)34-26-28-35(29-27-34)51-52-44-22-10-11-23-45(44)53(51)37-16-5-2-6-17-37/h1-32H/i1D,3D,4D,14D,15D. The van der Waals surface area contributed by atoms with Gasteiger partial charge in [-0.25, -0.2) is 4.98 Å². The van der Waals surface area contributed by atoms with Crippen LogP contribution in [0.3, 0.4) is 0 Å². The molecule has 11 rings (SSSR count). The molecule has 0 aliphatic rings. The van der Waals surface area contributed by atoms with Crippen molar-refractivity contribution in [2.24, 2.45) is 0 Å². The Kier molecular flexibility index (Phi) is 5.79. The monoisotopic (exact) mass is 693 g/mol. The second-order valence-electron chi connectivity index (χ2n) is 13.5. The van der Waals surface area contributed by atoms with E-state index in [1.54, 1.807) is 0 Å². The van der Waals surface area contributed by atoms with Crippen molar-refractivity contribution in [3.63, 3.8) is 0 Å². The lowest BCUT2D eigenvalue weighted by Crippen LogP contribution is -1.97. The van der Waals surface area contributed by atoms with Gasteiger partial charge in [-0.05, 0) is 97.4 Å². The van der Waals surface area contributed by atoms with Crippen molar-refractivity contribution in [2.45, 2.75) is 0 Å². The van der Waals surface area contributed by atoms with Crippen LogP contribution >= 0.6 is 0 Å². The Morgan fingerprint density at radius 3 is 1.94 bits per heavy atom. The van der Waals surface area contributed by atoms with Crippen LogP contribution in [0.5, 0.6) is 0 Å². The third-order valence-electron chi connectivity index (χ3n) is 10.5. The Morgan fingerprint density at radius 1 is 0.463 bits per heavy atom. The van der Waals surface area contributed by atoms with Crippen LogP contribution < -0.4 is 0 Å². The van der Waals surface area contributed by atoms with E-state index in [0.29, 0.717) is 5.56 Å². The molecule has 9 aromatic carbocycles. The Morgan fingerprint density at radius 2 is 1.11 bits per heavy atom. The van der Waals surface area contributed by atoms with Gasteiger partial charge in [0.1, 0.15) is 17.0 Å². The number of hydrogen-bond donors (Lipinski definition) is 0. The summed E-state index contributed by atoms with van der Waals surface area (Å²) in [5.74, 6) is 0.845. The summed E-state index contributed by atoms with van der Waals surface area (Å²) in [5.41, 5.74) is 10.2. The summed E-state index contributed by atoms with van der Waals surface area (Å²) in [6.07, 6.45) is 0. The smallest absolute Gasteiger partial charge is 0.145 e. The molecule has 2 aromatic heterocycles. The van der Waals surface area contributed by atoms with Gasteiger partial charge in [0.05, 0.1) is 17.9 Å². The molecule has 0 saturated carbocycles. The molecule has 0 saturated heterocycles. The zero-order valence-corrected chi connectivity index (χ0v) is 28.9. The fourth-order valence-corrected chi connectivity index (χ4v) is 8.16. The van der Waals surface area contributed by atoms with Crippen LogP contribution in [-0.2, 0) is 0 Å². The average molecular weight is 694 g/mol. The predicted molar refractivity (Wildman–Crippen MR) is 225 cm³/mol. The highest BCUT2D eigenvalue weighted by Gasteiger charge is 2.21. The zero-order valence-electron chi connectivity index (χ0n) is 33.9. The van der Waals surface area contributed by atoms with Crippen molar-refractivity contribution in [2.75, 3.05) is 0 Å². The summed E-state index contributed by atoms with van der Waals surface area (Å²) < 4.78 is 51.6. The first-order valence-electron chi connectivity index (χ1n) is 20.5. The highest BCUT2D eigenvalue weighted by atomic mass is 16.3. The Hall–Kier alpha value is -7.23. The van der Waals surface area contributed by atoms with Gasteiger partial charge in [0.25, 0.3) is 0 Å². The van der Waals surface area contributed by atoms with Crippen LogP contribution in [0.25, 0.3) is 105 Å². The number of furan rings is 1. The summed E-state index contributed by atoms with van der Waals surface area (Å²) in [6.45, 7) is 0. The number of rotatable bonds is 5. The van der Waals surface area contributed by atoms with Crippen LogP contribution in [0.4, 0.5) is 0 Å². The number of benzene rings is 9. The quantitative estimate of drug-likeness (QED) is 0.168. The minimum Gasteiger partial charge on any atom is -0.456 e. The van der Waals surface area contributed by atoms with Crippen LogP contribution in [0.2, 0.25) is 0 Å². The molecule has 252 valence electrons. The van der Waals surface area contributed by atoms with Gasteiger partial charge in [-0.3, -0.25) is 4.57 Å². The van der Waals surface area contributed by atoms with E-state index in [-0.39, 0.29) is 29.7 Å². The molecule has 0 aliphatic heterocycles. The first kappa shape index (κ1) is 25.7. The molecular weight excluding hydrogens is 657 g/mol. The number of nitrogens with zero attached hydrogens (tertiary/aromatic N) is 2. The number of para-hydroxylation sites is 4. The van der Waals surface area contributed by atoms with E-state index >= 15 is 0 Å². The Balaban J connectivity index is 1.20. The molecule has 0 atom stereocenters. The molecule has 0 bridgehead atoms. The molecular formula is C51H32N2O. The second-order valence-corrected chi connectivity index (χ2v) is 13.5. The number of fused-ring (bicyclic) bond motifs is 6. The van der Waals surface area contributed by atoms with Crippen molar-refractivity contribution in [3.05, 3.63) is 194 Å². The predicted octanol–water partition coefficient (Wildman–Crippen LogP) is 13.9. The van der Waals surface area contributed by atoms with E-state index < -0.39 is 6.04 Å². The molecule has 54 heavy (non-hydrogen) atoms. The van der Waals surface area contributed by atoms with E-state index in [2.05, 4.69) is 77.4 Å². The van der Waals surface area contributed by atoms with Crippen molar-refractivity contribution >= 4 is 54.5 Å². The molecule has 0 amide bonds. The average Bonchev–Trinajstić information content (AvgIpc) is 3.87. The molecule has 0 aliphatic carbocycles. The fourth-order valence-electron chi connectivity index (χ4n) is 8.16. The maximum atomic E-state index is 8.89. The summed E-state index contributed by atoms with van der Waals surface area (Å²) >= 11 is 0. The zero-order chi connectivity index (χ0) is 39.9. The lowest BCUT2D eigenvalue weighted by atomic mass is 9.84. The van der Waals surface area contributed by atoms with Crippen molar-refractivity contribution in [1.82, 2.24) is 9.55 Å². The van der Waals surface area contributed by atoms with Gasteiger partial charge in [-0.15, -0.1) is 0 Å². The van der Waals surface area contributed by atoms with Crippen molar-refractivity contribution in [1.29, 1.82) is 0 Å². The van der Waals surface area contributed by atoms with Gasteiger partial charge in [0.2, 0.25) is 0 Å². The summed E-state index contributed by atoms with van der Waals surface area (Å²) in [6, 6.07) is 53.9. The molecule has 2 heterocycles. The van der Waals surface area contributed by atoms with Gasteiger partial charge < -0.3 is 4.42 Å². The minimum atomic E-state index is -0.417. The van der Waals surface area contributed by atoms with Crippen LogP contribution in [-0.4, -0.2) is 9.55 Å². The van der Waals surface area contributed by atoms with Crippen LogP contribution in [0.1, 0.15) is 6.85 Å². The topological polar surface area (TPSA) is 31.0 Å². The van der Waals surface area contributed by atoms with E-state index in [1.165, 1.54) is 0 Å². The maximum Gasteiger partial charge on any atom is 0.145 e. The third kappa shape index (κ3) is 4.72. The van der Waals surface area contributed by atoms with E-state index in [4.69, 9.17) is 16.3 Å². The summed E-state index contributed by atoms with van der Waals surface area (Å²) in [7, 11) is 0. The van der Waals surface area contributed by atoms with Gasteiger partial charge in [-0.2, -0.15) is 0 Å². The minimum absolute atomic E-state index is 0.163. The van der Waals surface area contributed by atoms with Crippen molar-refractivity contribution in [3.8, 4) is 50.5 Å².